The Hall–Kier alpha value is -1.61. The second-order valence-corrected chi connectivity index (χ2v) is 3.37. The number of rotatable bonds is 3. The van der Waals surface area contributed by atoms with Crippen LogP contribution in [-0.4, -0.2) is 16.6 Å². The number of aliphatic hydroxyl groups is 1. The molecule has 15 heavy (non-hydrogen) atoms. The average molecular weight is 202 g/mol. The lowest BCUT2D eigenvalue weighted by Gasteiger charge is -2.06. The van der Waals surface area contributed by atoms with Crippen molar-refractivity contribution < 1.29 is 5.11 Å². The largest absolute Gasteiger partial charge is 0.392 e. The monoisotopic (exact) mass is 202 g/mol. The van der Waals surface area contributed by atoms with Gasteiger partial charge in [0.25, 0.3) is 0 Å². The highest BCUT2D eigenvalue weighted by molar-refractivity contribution is 5.83. The fourth-order valence-electron chi connectivity index (χ4n) is 1.64. The number of hydrogen-bond acceptors (Lipinski definition) is 3. The van der Waals surface area contributed by atoms with E-state index in [0.29, 0.717) is 0 Å². The van der Waals surface area contributed by atoms with Gasteiger partial charge in [-0.25, -0.2) is 4.98 Å². The van der Waals surface area contributed by atoms with E-state index in [1.807, 2.05) is 37.3 Å². The van der Waals surface area contributed by atoms with E-state index in [9.17, 15) is 0 Å². The highest BCUT2D eigenvalue weighted by atomic mass is 16.3. The van der Waals surface area contributed by atoms with E-state index in [4.69, 9.17) is 5.11 Å². The minimum atomic E-state index is 0.0551. The summed E-state index contributed by atoms with van der Waals surface area (Å²) < 4.78 is 0. The molecule has 0 saturated carbocycles. The summed E-state index contributed by atoms with van der Waals surface area (Å²) in [6.07, 6.45) is 0. The molecule has 3 nitrogen and oxygen atoms in total. The van der Waals surface area contributed by atoms with E-state index in [1.165, 1.54) is 0 Å². The van der Waals surface area contributed by atoms with Crippen molar-refractivity contribution in [3.63, 3.8) is 0 Å². The fourth-order valence-corrected chi connectivity index (χ4v) is 1.64. The summed E-state index contributed by atoms with van der Waals surface area (Å²) in [6, 6.07) is 9.71. The number of fused-ring (bicyclic) bond motifs is 1. The molecule has 0 aliphatic heterocycles. The SMILES string of the molecule is CCNc1ccc2c(CO)cccc2n1. The molecule has 0 amide bonds. The molecule has 0 aliphatic rings. The van der Waals surface area contributed by atoms with Crippen LogP contribution in [0.4, 0.5) is 5.82 Å². The molecule has 0 atom stereocenters. The summed E-state index contributed by atoms with van der Waals surface area (Å²) >= 11 is 0. The number of benzene rings is 1. The van der Waals surface area contributed by atoms with Gasteiger partial charge in [0, 0.05) is 11.9 Å². The lowest BCUT2D eigenvalue weighted by molar-refractivity contribution is 0.283. The Morgan fingerprint density at radius 2 is 2.13 bits per heavy atom. The van der Waals surface area contributed by atoms with Gasteiger partial charge in [0.15, 0.2) is 0 Å². The highest BCUT2D eigenvalue weighted by Crippen LogP contribution is 2.19. The number of nitrogens with zero attached hydrogens (tertiary/aromatic N) is 1. The zero-order valence-corrected chi connectivity index (χ0v) is 8.70. The van der Waals surface area contributed by atoms with Crippen LogP contribution in [0.2, 0.25) is 0 Å². The Bertz CT molecular complexity index is 468. The van der Waals surface area contributed by atoms with Gasteiger partial charge in [-0.3, -0.25) is 0 Å². The predicted molar refractivity (Wildman–Crippen MR) is 61.8 cm³/mol. The molecule has 0 saturated heterocycles. The van der Waals surface area contributed by atoms with Crippen molar-refractivity contribution in [2.45, 2.75) is 13.5 Å². The van der Waals surface area contributed by atoms with Gasteiger partial charge in [-0.1, -0.05) is 12.1 Å². The first-order chi connectivity index (χ1) is 7.35. The molecule has 1 aromatic heterocycles. The van der Waals surface area contributed by atoms with Gasteiger partial charge >= 0.3 is 0 Å². The highest BCUT2D eigenvalue weighted by Gasteiger charge is 2.01. The Labute approximate surface area is 88.8 Å². The zero-order valence-electron chi connectivity index (χ0n) is 8.70. The zero-order chi connectivity index (χ0) is 10.7. The van der Waals surface area contributed by atoms with Crippen LogP contribution < -0.4 is 5.32 Å². The van der Waals surface area contributed by atoms with E-state index < -0.39 is 0 Å². The van der Waals surface area contributed by atoms with Crippen LogP contribution in [0.1, 0.15) is 12.5 Å². The lowest BCUT2D eigenvalue weighted by Crippen LogP contribution is -1.99. The number of pyridine rings is 1. The Morgan fingerprint density at radius 1 is 1.27 bits per heavy atom. The van der Waals surface area contributed by atoms with Crippen LogP contribution in [0.15, 0.2) is 30.3 Å². The molecule has 0 unspecified atom stereocenters. The number of aliphatic hydroxyl groups excluding tert-OH is 1. The first-order valence-electron chi connectivity index (χ1n) is 5.08. The molecular formula is C12H14N2O. The molecule has 1 aromatic carbocycles. The molecule has 0 spiro atoms. The third kappa shape index (κ3) is 1.92. The first kappa shape index (κ1) is 9.93. The Balaban J connectivity index is 2.53. The Kier molecular flexibility index (Phi) is 2.83. The molecule has 0 bridgehead atoms. The maximum absolute atomic E-state index is 9.16. The molecule has 1 heterocycles. The molecule has 3 heteroatoms. The van der Waals surface area contributed by atoms with Crippen molar-refractivity contribution in [1.29, 1.82) is 0 Å². The molecular weight excluding hydrogens is 188 g/mol. The van der Waals surface area contributed by atoms with Crippen LogP contribution in [-0.2, 0) is 6.61 Å². The van der Waals surface area contributed by atoms with Gasteiger partial charge in [-0.05, 0) is 30.7 Å². The number of hydrogen-bond donors (Lipinski definition) is 2. The molecule has 2 aromatic rings. The third-order valence-electron chi connectivity index (χ3n) is 2.35. The van der Waals surface area contributed by atoms with E-state index >= 15 is 0 Å². The van der Waals surface area contributed by atoms with Gasteiger partial charge < -0.3 is 10.4 Å². The van der Waals surface area contributed by atoms with Gasteiger partial charge in [0.1, 0.15) is 5.82 Å². The van der Waals surface area contributed by atoms with E-state index in [2.05, 4.69) is 10.3 Å². The summed E-state index contributed by atoms with van der Waals surface area (Å²) in [5, 5.41) is 13.3. The molecule has 2 rings (SSSR count). The lowest BCUT2D eigenvalue weighted by atomic mass is 10.1. The van der Waals surface area contributed by atoms with E-state index in [-0.39, 0.29) is 6.61 Å². The molecule has 0 fully saturated rings. The number of anilines is 1. The van der Waals surface area contributed by atoms with Crippen LogP contribution in [0.25, 0.3) is 10.9 Å². The summed E-state index contributed by atoms with van der Waals surface area (Å²) in [5.74, 6) is 0.875. The molecule has 0 aliphatic carbocycles. The van der Waals surface area contributed by atoms with Crippen LogP contribution in [0.5, 0.6) is 0 Å². The summed E-state index contributed by atoms with van der Waals surface area (Å²) in [7, 11) is 0. The van der Waals surface area contributed by atoms with Crippen LogP contribution >= 0.6 is 0 Å². The third-order valence-corrected chi connectivity index (χ3v) is 2.35. The van der Waals surface area contributed by atoms with Crippen molar-refractivity contribution in [2.24, 2.45) is 0 Å². The number of aromatic nitrogens is 1. The minimum Gasteiger partial charge on any atom is -0.392 e. The predicted octanol–water partition coefficient (Wildman–Crippen LogP) is 2.16. The number of nitrogens with one attached hydrogen (secondary N) is 1. The normalized spacial score (nSPS) is 10.5. The first-order valence-corrected chi connectivity index (χ1v) is 5.08. The summed E-state index contributed by atoms with van der Waals surface area (Å²) in [4.78, 5) is 4.45. The van der Waals surface area contributed by atoms with Crippen LogP contribution in [0, 0.1) is 0 Å². The van der Waals surface area contributed by atoms with E-state index in [1.54, 1.807) is 0 Å². The average Bonchev–Trinajstić information content (AvgIpc) is 2.28. The Morgan fingerprint density at radius 3 is 2.87 bits per heavy atom. The van der Waals surface area contributed by atoms with Crippen molar-refractivity contribution in [1.82, 2.24) is 4.98 Å². The molecule has 0 radical (unpaired) electrons. The van der Waals surface area contributed by atoms with Gasteiger partial charge in [0.05, 0.1) is 12.1 Å². The van der Waals surface area contributed by atoms with Crippen LogP contribution in [0.3, 0.4) is 0 Å². The fraction of sp³-hybridized carbons (Fsp3) is 0.250. The minimum absolute atomic E-state index is 0.0551. The maximum Gasteiger partial charge on any atom is 0.126 e. The van der Waals surface area contributed by atoms with Crippen molar-refractivity contribution in [2.75, 3.05) is 11.9 Å². The van der Waals surface area contributed by atoms with E-state index in [0.717, 1.165) is 28.8 Å². The van der Waals surface area contributed by atoms with Crippen molar-refractivity contribution in [3.05, 3.63) is 35.9 Å². The van der Waals surface area contributed by atoms with Gasteiger partial charge in [0.2, 0.25) is 0 Å². The van der Waals surface area contributed by atoms with Crippen molar-refractivity contribution >= 4 is 16.7 Å². The smallest absolute Gasteiger partial charge is 0.126 e. The standard InChI is InChI=1S/C12H14N2O/c1-2-13-12-7-6-10-9(8-15)4-3-5-11(10)14-12/h3-7,15H,2,8H2,1H3,(H,13,14). The molecule has 2 N–H and O–H groups in total. The summed E-state index contributed by atoms with van der Waals surface area (Å²) in [6.45, 7) is 2.95. The van der Waals surface area contributed by atoms with Crippen molar-refractivity contribution in [3.8, 4) is 0 Å². The summed E-state index contributed by atoms with van der Waals surface area (Å²) in [5.41, 5.74) is 1.84. The van der Waals surface area contributed by atoms with Gasteiger partial charge in [-0.2, -0.15) is 0 Å². The quantitative estimate of drug-likeness (QED) is 0.801. The second-order valence-electron chi connectivity index (χ2n) is 3.37. The van der Waals surface area contributed by atoms with Gasteiger partial charge in [-0.15, -0.1) is 0 Å². The topological polar surface area (TPSA) is 45.1 Å². The molecule has 78 valence electrons. The second kappa shape index (κ2) is 4.28. The maximum atomic E-state index is 9.16.